The van der Waals surface area contributed by atoms with Gasteiger partial charge < -0.3 is 19.5 Å². The summed E-state index contributed by atoms with van der Waals surface area (Å²) in [6, 6.07) is 7.53. The van der Waals surface area contributed by atoms with Gasteiger partial charge in [-0.3, -0.25) is 14.5 Å². The van der Waals surface area contributed by atoms with Crippen molar-refractivity contribution in [1.29, 1.82) is 0 Å². The van der Waals surface area contributed by atoms with Gasteiger partial charge >= 0.3 is 5.97 Å². The molecule has 25 heavy (non-hydrogen) atoms. The minimum atomic E-state index is -1.11. The van der Waals surface area contributed by atoms with Crippen LogP contribution in [0.4, 0.5) is 0 Å². The van der Waals surface area contributed by atoms with E-state index in [1.165, 1.54) is 7.11 Å². The summed E-state index contributed by atoms with van der Waals surface area (Å²) in [5.41, 5.74) is -0.153. The van der Waals surface area contributed by atoms with Crippen LogP contribution in [0.5, 0.6) is 5.75 Å². The fourth-order valence-corrected chi connectivity index (χ4v) is 3.29. The summed E-state index contributed by atoms with van der Waals surface area (Å²) in [6.45, 7) is 1.16. The van der Waals surface area contributed by atoms with E-state index in [2.05, 4.69) is 0 Å². The maximum absolute atomic E-state index is 12.6. The summed E-state index contributed by atoms with van der Waals surface area (Å²) in [7, 11) is 4.80. The Labute approximate surface area is 148 Å². The third-order valence-electron chi connectivity index (χ3n) is 4.71. The Kier molecular flexibility index (Phi) is 6.39. The second-order valence-corrected chi connectivity index (χ2v) is 6.40. The molecule has 1 atom stereocenters. The van der Waals surface area contributed by atoms with E-state index in [0.717, 1.165) is 17.7 Å². The van der Waals surface area contributed by atoms with Crippen LogP contribution < -0.4 is 4.74 Å². The molecule has 2 rings (SSSR count). The van der Waals surface area contributed by atoms with Gasteiger partial charge in [0.05, 0.1) is 20.3 Å². The molecule has 1 fully saturated rings. The monoisotopic (exact) mass is 350 g/mol. The fraction of sp³-hybridized carbons (Fsp3) is 0.556. The zero-order valence-electron chi connectivity index (χ0n) is 15.0. The molecule has 7 nitrogen and oxygen atoms in total. The molecule has 1 aliphatic rings. The number of likely N-dealkylation sites (N-methyl/N-ethyl adjacent to an activating group) is 1. The van der Waals surface area contributed by atoms with E-state index in [1.807, 2.05) is 24.3 Å². The number of methoxy groups -OCH3 is 2. The van der Waals surface area contributed by atoms with Gasteiger partial charge in [0.15, 0.2) is 0 Å². The predicted molar refractivity (Wildman–Crippen MR) is 92.5 cm³/mol. The molecule has 0 spiro atoms. The van der Waals surface area contributed by atoms with E-state index < -0.39 is 11.5 Å². The van der Waals surface area contributed by atoms with Gasteiger partial charge in [-0.15, -0.1) is 0 Å². The number of carbonyl (C=O) groups excluding carboxylic acids is 1. The van der Waals surface area contributed by atoms with Crippen LogP contribution >= 0.6 is 0 Å². The Morgan fingerprint density at radius 2 is 2.12 bits per heavy atom. The molecule has 1 heterocycles. The first-order valence-electron chi connectivity index (χ1n) is 8.27. The third kappa shape index (κ3) is 4.29. The van der Waals surface area contributed by atoms with Gasteiger partial charge in [0.2, 0.25) is 5.91 Å². The summed E-state index contributed by atoms with van der Waals surface area (Å²) in [6.07, 6.45) is 1.23. The Morgan fingerprint density at radius 1 is 1.36 bits per heavy atom. The predicted octanol–water partition coefficient (Wildman–Crippen LogP) is 1.22. The number of hydrogen-bond acceptors (Lipinski definition) is 5. The van der Waals surface area contributed by atoms with Crippen LogP contribution in [-0.4, -0.2) is 73.3 Å². The Bertz CT molecular complexity index is 621. The van der Waals surface area contributed by atoms with Crippen molar-refractivity contribution in [2.75, 3.05) is 41.0 Å². The van der Waals surface area contributed by atoms with Crippen LogP contribution in [-0.2, 0) is 20.9 Å². The molecular weight excluding hydrogens is 324 g/mol. The average Bonchev–Trinajstić information content (AvgIpc) is 2.99. The van der Waals surface area contributed by atoms with Crippen molar-refractivity contribution in [3.05, 3.63) is 29.8 Å². The van der Waals surface area contributed by atoms with Gasteiger partial charge in [-0.1, -0.05) is 12.1 Å². The second-order valence-electron chi connectivity index (χ2n) is 6.40. The number of benzene rings is 1. The topological polar surface area (TPSA) is 79.3 Å². The highest BCUT2D eigenvalue weighted by Gasteiger charge is 2.48. The van der Waals surface area contributed by atoms with Crippen LogP contribution in [0.25, 0.3) is 0 Å². The maximum Gasteiger partial charge on any atom is 0.326 e. The van der Waals surface area contributed by atoms with Crippen LogP contribution in [0.3, 0.4) is 0 Å². The standard InChI is InChI=1S/C18H26N2O5/c1-19(11-14-6-4-7-15(10-14)25-3)16(21)12-20-9-5-8-18(20,13-24-2)17(22)23/h4,6-7,10H,5,8-9,11-13H2,1-3H3,(H,22,23). The molecule has 1 aromatic rings. The van der Waals surface area contributed by atoms with E-state index in [-0.39, 0.29) is 19.1 Å². The molecule has 1 unspecified atom stereocenters. The van der Waals surface area contributed by atoms with Gasteiger partial charge in [0, 0.05) is 20.7 Å². The summed E-state index contributed by atoms with van der Waals surface area (Å²) in [4.78, 5) is 27.7. The second kappa shape index (κ2) is 8.31. The zero-order valence-corrected chi connectivity index (χ0v) is 15.0. The zero-order chi connectivity index (χ0) is 18.4. The number of carboxylic acid groups (broad SMARTS) is 1. The summed E-state index contributed by atoms with van der Waals surface area (Å²) >= 11 is 0. The van der Waals surface area contributed by atoms with Gasteiger partial charge in [-0.05, 0) is 37.1 Å². The minimum absolute atomic E-state index is 0.0656. The van der Waals surface area contributed by atoms with Crippen molar-refractivity contribution in [3.63, 3.8) is 0 Å². The summed E-state index contributed by atoms with van der Waals surface area (Å²) in [5.74, 6) is -0.315. The van der Waals surface area contributed by atoms with Crippen molar-refractivity contribution in [3.8, 4) is 5.75 Å². The first-order chi connectivity index (χ1) is 11.9. The maximum atomic E-state index is 12.6. The SMILES string of the molecule is COCC1(C(=O)O)CCCN1CC(=O)N(C)Cc1cccc(OC)c1. The lowest BCUT2D eigenvalue weighted by Gasteiger charge is -2.34. The molecule has 0 aromatic heterocycles. The molecule has 0 radical (unpaired) electrons. The van der Waals surface area contributed by atoms with E-state index in [9.17, 15) is 14.7 Å². The molecule has 1 saturated heterocycles. The van der Waals surface area contributed by atoms with Crippen molar-refractivity contribution < 1.29 is 24.2 Å². The van der Waals surface area contributed by atoms with Gasteiger partial charge in [-0.25, -0.2) is 0 Å². The number of amides is 1. The fourth-order valence-electron chi connectivity index (χ4n) is 3.29. The molecule has 0 bridgehead atoms. The van der Waals surface area contributed by atoms with E-state index >= 15 is 0 Å². The molecule has 1 amide bonds. The number of ether oxygens (including phenoxy) is 2. The first kappa shape index (κ1) is 19.2. The van der Waals surface area contributed by atoms with Crippen LogP contribution in [0.15, 0.2) is 24.3 Å². The van der Waals surface area contributed by atoms with E-state index in [0.29, 0.717) is 19.5 Å². The number of likely N-dealkylation sites (tertiary alicyclic amines) is 1. The molecule has 138 valence electrons. The first-order valence-corrected chi connectivity index (χ1v) is 8.27. The van der Waals surface area contributed by atoms with Gasteiger partial charge in [-0.2, -0.15) is 0 Å². The minimum Gasteiger partial charge on any atom is -0.497 e. The highest BCUT2D eigenvalue weighted by Crippen LogP contribution is 2.30. The number of aliphatic carboxylic acids is 1. The number of carbonyl (C=O) groups is 2. The van der Waals surface area contributed by atoms with Crippen molar-refractivity contribution >= 4 is 11.9 Å². The van der Waals surface area contributed by atoms with Gasteiger partial charge in [0.25, 0.3) is 0 Å². The van der Waals surface area contributed by atoms with Gasteiger partial charge in [0.1, 0.15) is 11.3 Å². The molecule has 0 aliphatic carbocycles. The normalized spacial score (nSPS) is 20.4. The van der Waals surface area contributed by atoms with E-state index in [1.54, 1.807) is 24.0 Å². The number of nitrogens with zero attached hydrogens (tertiary/aromatic N) is 2. The third-order valence-corrected chi connectivity index (χ3v) is 4.71. The number of carboxylic acids is 1. The quantitative estimate of drug-likeness (QED) is 0.759. The van der Waals surface area contributed by atoms with Crippen molar-refractivity contribution in [2.45, 2.75) is 24.9 Å². The molecular formula is C18H26N2O5. The lowest BCUT2D eigenvalue weighted by atomic mass is 9.97. The molecule has 0 saturated carbocycles. The Hall–Kier alpha value is -2.12. The van der Waals surface area contributed by atoms with E-state index in [4.69, 9.17) is 9.47 Å². The summed E-state index contributed by atoms with van der Waals surface area (Å²) in [5, 5.41) is 9.65. The Balaban J connectivity index is 2.03. The lowest BCUT2D eigenvalue weighted by molar-refractivity contribution is -0.154. The molecule has 1 aliphatic heterocycles. The number of rotatable bonds is 8. The van der Waals surface area contributed by atoms with Crippen molar-refractivity contribution in [2.24, 2.45) is 0 Å². The molecule has 7 heteroatoms. The van der Waals surface area contributed by atoms with Crippen LogP contribution in [0, 0.1) is 0 Å². The highest BCUT2D eigenvalue weighted by molar-refractivity contribution is 5.82. The number of hydrogen-bond donors (Lipinski definition) is 1. The molecule has 1 aromatic carbocycles. The molecule has 1 N–H and O–H groups in total. The largest absolute Gasteiger partial charge is 0.497 e. The van der Waals surface area contributed by atoms with Crippen molar-refractivity contribution in [1.82, 2.24) is 9.80 Å². The lowest BCUT2D eigenvalue weighted by Crippen LogP contribution is -2.56. The highest BCUT2D eigenvalue weighted by atomic mass is 16.5. The van der Waals surface area contributed by atoms with Crippen LogP contribution in [0.1, 0.15) is 18.4 Å². The smallest absolute Gasteiger partial charge is 0.326 e. The summed E-state index contributed by atoms with van der Waals surface area (Å²) < 4.78 is 10.3. The Morgan fingerprint density at radius 3 is 2.76 bits per heavy atom. The average molecular weight is 350 g/mol. The van der Waals surface area contributed by atoms with Crippen LogP contribution in [0.2, 0.25) is 0 Å².